The summed E-state index contributed by atoms with van der Waals surface area (Å²) in [6.45, 7) is 0.719. The number of aromatic nitrogens is 4. The van der Waals surface area contributed by atoms with Gasteiger partial charge in [0.05, 0.1) is 11.3 Å². The number of piperazine rings is 1. The van der Waals surface area contributed by atoms with Crippen molar-refractivity contribution in [3.63, 3.8) is 0 Å². The molecule has 2 aliphatic heterocycles. The minimum Gasteiger partial charge on any atom is -0.372 e. The molecule has 10 nitrogen and oxygen atoms in total. The number of anilines is 2. The number of hydrogen-bond acceptors (Lipinski definition) is 8. The van der Waals surface area contributed by atoms with Gasteiger partial charge in [0.15, 0.2) is 0 Å². The highest BCUT2D eigenvalue weighted by atomic mass is 19.4. The second kappa shape index (κ2) is 9.55. The van der Waals surface area contributed by atoms with Gasteiger partial charge in [-0.1, -0.05) is 0 Å². The number of carbonyl (C=O) groups is 1. The number of halogens is 6. The Kier molecular flexibility index (Phi) is 6.81. The van der Waals surface area contributed by atoms with Crippen molar-refractivity contribution in [2.45, 2.75) is 24.9 Å². The summed E-state index contributed by atoms with van der Waals surface area (Å²) in [5.74, 6) is -0.307. The molecular formula is C20H21F6N7O3. The largest absolute Gasteiger partial charge is 0.423 e. The predicted molar refractivity (Wildman–Crippen MR) is 112 cm³/mol. The Morgan fingerprint density at radius 2 is 1.69 bits per heavy atom. The van der Waals surface area contributed by atoms with Crippen LogP contribution < -0.4 is 15.4 Å². The fraction of sp³-hybridized carbons (Fsp3) is 0.550. The molecule has 1 fully saturated rings. The summed E-state index contributed by atoms with van der Waals surface area (Å²) in [6, 6.07) is 0. The van der Waals surface area contributed by atoms with Crippen LogP contribution in [-0.4, -0.2) is 77.4 Å². The zero-order valence-corrected chi connectivity index (χ0v) is 18.9. The molecular weight excluding hydrogens is 500 g/mol. The first-order chi connectivity index (χ1) is 16.9. The molecule has 4 rings (SSSR count). The van der Waals surface area contributed by atoms with Crippen LogP contribution in [0.2, 0.25) is 0 Å². The maximum Gasteiger partial charge on any atom is 0.423 e. The van der Waals surface area contributed by atoms with Gasteiger partial charge < -0.3 is 19.4 Å². The summed E-state index contributed by atoms with van der Waals surface area (Å²) in [7, 11) is 1.41. The van der Waals surface area contributed by atoms with Crippen LogP contribution in [0.4, 0.5) is 38.0 Å². The second-order valence-electron chi connectivity index (χ2n) is 8.31. The van der Waals surface area contributed by atoms with Crippen molar-refractivity contribution in [2.75, 3.05) is 56.2 Å². The van der Waals surface area contributed by atoms with E-state index in [0.717, 1.165) is 0 Å². The Balaban J connectivity index is 1.37. The third kappa shape index (κ3) is 5.22. The molecule has 4 heterocycles. The molecule has 0 bridgehead atoms. The van der Waals surface area contributed by atoms with E-state index in [0.29, 0.717) is 12.4 Å². The number of nitrogens with zero attached hydrogens (tertiary/aromatic N) is 6. The van der Waals surface area contributed by atoms with E-state index < -0.39 is 47.7 Å². The molecule has 36 heavy (non-hydrogen) atoms. The number of hydrogen-bond donors (Lipinski definition) is 1. The molecule has 196 valence electrons. The molecule has 0 unspecified atom stereocenters. The highest BCUT2D eigenvalue weighted by molar-refractivity contribution is 5.77. The van der Waals surface area contributed by atoms with Gasteiger partial charge in [-0.3, -0.25) is 9.59 Å². The lowest BCUT2D eigenvalue weighted by Crippen LogP contribution is -2.50. The molecule has 1 saturated heterocycles. The van der Waals surface area contributed by atoms with Crippen LogP contribution in [0, 0.1) is 0 Å². The summed E-state index contributed by atoms with van der Waals surface area (Å²) in [5.41, 5.74) is -4.17. The molecule has 0 aliphatic carbocycles. The first kappa shape index (κ1) is 25.7. The third-order valence-electron chi connectivity index (χ3n) is 5.97. The van der Waals surface area contributed by atoms with E-state index in [2.05, 4.69) is 15.1 Å². The van der Waals surface area contributed by atoms with Crippen molar-refractivity contribution in [1.82, 2.24) is 25.1 Å². The quantitative estimate of drug-likeness (QED) is 0.608. The van der Waals surface area contributed by atoms with Crippen LogP contribution in [0.25, 0.3) is 0 Å². The van der Waals surface area contributed by atoms with Crippen LogP contribution in [-0.2, 0) is 21.9 Å². The van der Waals surface area contributed by atoms with Crippen molar-refractivity contribution >= 4 is 17.5 Å². The fourth-order valence-corrected chi connectivity index (χ4v) is 4.10. The van der Waals surface area contributed by atoms with Gasteiger partial charge in [0.2, 0.25) is 11.9 Å². The number of amides is 1. The van der Waals surface area contributed by atoms with Gasteiger partial charge in [0.1, 0.15) is 24.0 Å². The SMILES string of the molecule is CN1CC[C@@H](OCC(=O)N2CCN(c3ncc(C(F)(F)F)cn3)CC2)c2n[nH]c(=O)c(C(F)(F)F)c21. The zero-order valence-electron chi connectivity index (χ0n) is 18.9. The number of H-pyrrole nitrogens is 1. The van der Waals surface area contributed by atoms with Crippen LogP contribution in [0.5, 0.6) is 0 Å². The summed E-state index contributed by atoms with van der Waals surface area (Å²) in [6.07, 6.45) is -8.73. The maximum absolute atomic E-state index is 13.5. The number of nitrogens with one attached hydrogen (secondary N) is 1. The molecule has 2 aromatic rings. The van der Waals surface area contributed by atoms with Gasteiger partial charge in [0.25, 0.3) is 5.56 Å². The molecule has 2 aromatic heterocycles. The van der Waals surface area contributed by atoms with E-state index in [-0.39, 0.29) is 56.5 Å². The number of ether oxygens (including phenoxy) is 1. The molecule has 0 aromatic carbocycles. The molecule has 16 heteroatoms. The lowest BCUT2D eigenvalue weighted by molar-refractivity contribution is -0.140. The van der Waals surface area contributed by atoms with E-state index in [1.807, 2.05) is 5.10 Å². The normalized spacial score (nSPS) is 18.9. The average molecular weight is 521 g/mol. The number of fused-ring (bicyclic) bond motifs is 1. The van der Waals surface area contributed by atoms with Crippen molar-refractivity contribution in [3.8, 4) is 0 Å². The van der Waals surface area contributed by atoms with Gasteiger partial charge in [-0.15, -0.1) is 0 Å². The molecule has 0 radical (unpaired) electrons. The van der Waals surface area contributed by atoms with E-state index in [4.69, 9.17) is 4.74 Å². The van der Waals surface area contributed by atoms with E-state index in [9.17, 15) is 35.9 Å². The maximum atomic E-state index is 13.5. The minimum atomic E-state index is -4.90. The first-order valence-electron chi connectivity index (χ1n) is 10.8. The zero-order chi connectivity index (χ0) is 26.3. The minimum absolute atomic E-state index is 0.104. The molecule has 2 aliphatic rings. The summed E-state index contributed by atoms with van der Waals surface area (Å²) >= 11 is 0. The number of alkyl halides is 6. The lowest BCUT2D eigenvalue weighted by atomic mass is 10.0. The predicted octanol–water partition coefficient (Wildman–Crippen LogP) is 1.84. The monoisotopic (exact) mass is 521 g/mol. The molecule has 1 N–H and O–H groups in total. The molecule has 1 amide bonds. The summed E-state index contributed by atoms with van der Waals surface area (Å²) in [4.78, 5) is 36.4. The Bertz CT molecular complexity index is 1160. The smallest absolute Gasteiger partial charge is 0.372 e. The molecule has 0 spiro atoms. The van der Waals surface area contributed by atoms with Crippen LogP contribution in [0.15, 0.2) is 17.2 Å². The van der Waals surface area contributed by atoms with Crippen molar-refractivity contribution in [3.05, 3.63) is 39.6 Å². The topological polar surface area (TPSA) is 108 Å². The first-order valence-corrected chi connectivity index (χ1v) is 10.8. The second-order valence-corrected chi connectivity index (χ2v) is 8.31. The highest BCUT2D eigenvalue weighted by Crippen LogP contribution is 2.41. The summed E-state index contributed by atoms with van der Waals surface area (Å²) in [5, 5.41) is 5.62. The Morgan fingerprint density at radius 1 is 1.06 bits per heavy atom. The Hall–Kier alpha value is -3.43. The van der Waals surface area contributed by atoms with Gasteiger partial charge >= 0.3 is 12.4 Å². The highest BCUT2D eigenvalue weighted by Gasteiger charge is 2.42. The standard InChI is InChI=1S/C20H21F6N7O3/c1-31-3-2-12(15-16(31)14(20(24,25)26)17(35)30-29-15)36-10-13(34)32-4-6-33(7-5-32)18-27-8-11(9-28-18)19(21,22)23/h8-9,12H,2-7,10H2,1H3,(H,30,35)/t12-/m1/s1. The van der Waals surface area contributed by atoms with Crippen molar-refractivity contribution in [2.24, 2.45) is 0 Å². The Labute approximate surface area is 199 Å². The van der Waals surface area contributed by atoms with Crippen LogP contribution >= 0.6 is 0 Å². The van der Waals surface area contributed by atoms with E-state index in [1.165, 1.54) is 16.8 Å². The van der Waals surface area contributed by atoms with Gasteiger partial charge in [-0.05, 0) is 6.42 Å². The van der Waals surface area contributed by atoms with Gasteiger partial charge in [-0.2, -0.15) is 31.4 Å². The van der Waals surface area contributed by atoms with E-state index >= 15 is 0 Å². The molecule has 1 atom stereocenters. The Morgan fingerprint density at radius 3 is 2.28 bits per heavy atom. The summed E-state index contributed by atoms with van der Waals surface area (Å²) < 4.78 is 84.1. The van der Waals surface area contributed by atoms with Crippen molar-refractivity contribution in [1.29, 1.82) is 0 Å². The number of rotatable bonds is 4. The van der Waals surface area contributed by atoms with Gasteiger partial charge in [0, 0.05) is 52.2 Å². The average Bonchev–Trinajstić information content (AvgIpc) is 2.82. The van der Waals surface area contributed by atoms with E-state index in [1.54, 1.807) is 4.90 Å². The number of aromatic amines is 1. The molecule has 0 saturated carbocycles. The van der Waals surface area contributed by atoms with Crippen LogP contribution in [0.1, 0.15) is 29.3 Å². The lowest BCUT2D eigenvalue weighted by Gasteiger charge is -2.36. The third-order valence-corrected chi connectivity index (χ3v) is 5.97. The van der Waals surface area contributed by atoms with Crippen molar-refractivity contribution < 1.29 is 35.9 Å². The van der Waals surface area contributed by atoms with Crippen LogP contribution in [0.3, 0.4) is 0 Å². The van der Waals surface area contributed by atoms with Gasteiger partial charge in [-0.25, -0.2) is 15.1 Å². The fourth-order valence-electron chi connectivity index (χ4n) is 4.10. The number of carbonyl (C=O) groups excluding carboxylic acids is 1.